The topological polar surface area (TPSA) is 60.2 Å². The smallest absolute Gasteiger partial charge is 0.260 e. The highest BCUT2D eigenvalue weighted by Crippen LogP contribution is 2.35. The number of benzene rings is 2. The second-order valence-electron chi connectivity index (χ2n) is 6.65. The molecule has 30 heavy (non-hydrogen) atoms. The van der Waals surface area contributed by atoms with E-state index < -0.39 is 0 Å². The number of thiazole rings is 1. The van der Waals surface area contributed by atoms with Crippen LogP contribution in [0.5, 0.6) is 5.75 Å². The average molecular weight is 441 g/mol. The number of hydrogen-bond donors (Lipinski definition) is 0. The minimum Gasteiger partial charge on any atom is -0.492 e. The summed E-state index contributed by atoms with van der Waals surface area (Å²) in [5, 5.41) is 1.18. The average Bonchev–Trinajstić information content (AvgIpc) is 3.41. The monoisotopic (exact) mass is 440 g/mol. The molecule has 154 valence electrons. The Kier molecular flexibility index (Phi) is 6.30. The summed E-state index contributed by atoms with van der Waals surface area (Å²) in [4.78, 5) is 23.9. The van der Waals surface area contributed by atoms with Gasteiger partial charge in [-0.15, -0.1) is 0 Å². The Hall–Kier alpha value is -2.90. The summed E-state index contributed by atoms with van der Waals surface area (Å²) in [7, 11) is 0. The number of carbonyl (C=O) groups is 1. The van der Waals surface area contributed by atoms with Gasteiger partial charge in [-0.1, -0.05) is 35.1 Å². The first-order chi connectivity index (χ1) is 14.7. The number of carbonyl (C=O) groups excluding carboxylic acids is 1. The van der Waals surface area contributed by atoms with Crippen molar-refractivity contribution in [2.24, 2.45) is 0 Å². The van der Waals surface area contributed by atoms with Crippen LogP contribution in [0.4, 0.5) is 5.13 Å². The number of ether oxygens (including phenoxy) is 1. The summed E-state index contributed by atoms with van der Waals surface area (Å²) in [6, 6.07) is 12.8. The van der Waals surface area contributed by atoms with Crippen LogP contribution < -0.4 is 9.64 Å². The molecule has 0 aliphatic carbocycles. The Morgan fingerprint density at radius 2 is 2.13 bits per heavy atom. The lowest BCUT2D eigenvalue weighted by Gasteiger charge is -2.20. The van der Waals surface area contributed by atoms with Gasteiger partial charge in [0.05, 0.1) is 17.6 Å². The number of fused-ring (bicyclic) bond motifs is 1. The third-order valence-corrected chi connectivity index (χ3v) is 5.85. The molecule has 6 nitrogen and oxygen atoms in total. The van der Waals surface area contributed by atoms with Crippen molar-refractivity contribution in [3.8, 4) is 5.75 Å². The summed E-state index contributed by atoms with van der Waals surface area (Å²) in [6.45, 7) is 3.78. The molecule has 0 spiro atoms. The molecule has 0 aliphatic heterocycles. The van der Waals surface area contributed by atoms with Gasteiger partial charge in [0.25, 0.3) is 5.91 Å². The molecule has 0 saturated heterocycles. The van der Waals surface area contributed by atoms with E-state index in [1.165, 1.54) is 11.3 Å². The van der Waals surface area contributed by atoms with Crippen molar-refractivity contribution in [2.45, 2.75) is 19.9 Å². The van der Waals surface area contributed by atoms with Crippen molar-refractivity contribution in [2.75, 3.05) is 18.1 Å². The van der Waals surface area contributed by atoms with Gasteiger partial charge in [0.1, 0.15) is 11.3 Å². The van der Waals surface area contributed by atoms with Crippen LogP contribution in [0, 0.1) is 0 Å². The molecule has 0 N–H and O–H groups in total. The summed E-state index contributed by atoms with van der Waals surface area (Å²) >= 11 is 7.60. The van der Waals surface area contributed by atoms with Crippen molar-refractivity contribution in [1.82, 2.24) is 14.5 Å². The van der Waals surface area contributed by atoms with E-state index in [2.05, 4.69) is 4.98 Å². The molecular weight excluding hydrogens is 420 g/mol. The van der Waals surface area contributed by atoms with Gasteiger partial charge in [-0.25, -0.2) is 9.97 Å². The van der Waals surface area contributed by atoms with Gasteiger partial charge in [0.2, 0.25) is 0 Å². The third kappa shape index (κ3) is 4.47. The number of halogens is 1. The fourth-order valence-corrected chi connectivity index (χ4v) is 4.39. The van der Waals surface area contributed by atoms with Crippen LogP contribution in [0.25, 0.3) is 10.2 Å². The van der Waals surface area contributed by atoms with Crippen molar-refractivity contribution in [3.05, 3.63) is 71.8 Å². The molecule has 0 saturated carbocycles. The highest BCUT2D eigenvalue weighted by Gasteiger charge is 2.22. The van der Waals surface area contributed by atoms with E-state index in [1.807, 2.05) is 35.9 Å². The molecule has 0 aliphatic rings. The Labute approximate surface area is 183 Å². The number of hydrogen-bond acceptors (Lipinski definition) is 5. The summed E-state index contributed by atoms with van der Waals surface area (Å²) in [5.41, 5.74) is 1.31. The predicted molar refractivity (Wildman–Crippen MR) is 121 cm³/mol. The molecule has 4 aromatic rings. The van der Waals surface area contributed by atoms with E-state index in [-0.39, 0.29) is 5.91 Å². The molecule has 2 aromatic carbocycles. The Bertz CT molecular complexity index is 1140. The number of amides is 1. The number of imidazole rings is 1. The maximum Gasteiger partial charge on any atom is 0.260 e. The van der Waals surface area contributed by atoms with Crippen LogP contribution in [-0.4, -0.2) is 33.6 Å². The highest BCUT2D eigenvalue weighted by atomic mass is 35.5. The molecule has 1 amide bonds. The van der Waals surface area contributed by atoms with Crippen molar-refractivity contribution < 1.29 is 9.53 Å². The first kappa shape index (κ1) is 20.4. The van der Waals surface area contributed by atoms with E-state index >= 15 is 0 Å². The maximum absolute atomic E-state index is 13.4. The summed E-state index contributed by atoms with van der Waals surface area (Å²) in [5.74, 6) is 0.603. The molecule has 4 rings (SSSR count). The Morgan fingerprint density at radius 1 is 1.27 bits per heavy atom. The van der Waals surface area contributed by atoms with Crippen LogP contribution in [0.2, 0.25) is 5.02 Å². The lowest BCUT2D eigenvalue weighted by molar-refractivity contribution is 0.0986. The lowest BCUT2D eigenvalue weighted by atomic mass is 10.2. The van der Waals surface area contributed by atoms with Crippen LogP contribution in [0.1, 0.15) is 23.7 Å². The zero-order valence-corrected chi connectivity index (χ0v) is 18.1. The van der Waals surface area contributed by atoms with Crippen LogP contribution >= 0.6 is 22.9 Å². The van der Waals surface area contributed by atoms with Crippen molar-refractivity contribution in [1.29, 1.82) is 0 Å². The minimum absolute atomic E-state index is 0.125. The van der Waals surface area contributed by atoms with Gasteiger partial charge < -0.3 is 9.30 Å². The van der Waals surface area contributed by atoms with Crippen molar-refractivity contribution in [3.63, 3.8) is 0 Å². The number of aryl methyl sites for hydroxylation is 1. The first-order valence-electron chi connectivity index (χ1n) is 9.71. The fourth-order valence-electron chi connectivity index (χ4n) is 3.19. The van der Waals surface area contributed by atoms with Crippen molar-refractivity contribution >= 4 is 44.2 Å². The molecular formula is C22H21ClN4O2S. The van der Waals surface area contributed by atoms with Gasteiger partial charge in [-0.05, 0) is 43.7 Å². The largest absolute Gasteiger partial charge is 0.492 e. The minimum atomic E-state index is -0.125. The molecule has 2 heterocycles. The van der Waals surface area contributed by atoms with E-state index in [4.69, 9.17) is 21.3 Å². The van der Waals surface area contributed by atoms with E-state index in [1.54, 1.807) is 41.7 Å². The van der Waals surface area contributed by atoms with Crippen LogP contribution in [-0.2, 0) is 6.54 Å². The quantitative estimate of drug-likeness (QED) is 0.374. The van der Waals surface area contributed by atoms with Gasteiger partial charge >= 0.3 is 0 Å². The molecule has 0 fully saturated rings. The molecule has 0 bridgehead atoms. The van der Waals surface area contributed by atoms with E-state index in [0.717, 1.165) is 28.9 Å². The zero-order chi connectivity index (χ0) is 20.9. The van der Waals surface area contributed by atoms with Crippen LogP contribution in [0.3, 0.4) is 0 Å². The number of rotatable bonds is 8. The van der Waals surface area contributed by atoms with Gasteiger partial charge in [-0.2, -0.15) is 0 Å². The number of aromatic nitrogens is 3. The number of nitrogens with zero attached hydrogens (tertiary/aromatic N) is 4. The Morgan fingerprint density at radius 3 is 2.90 bits per heavy atom. The number of para-hydroxylation sites is 1. The first-order valence-corrected chi connectivity index (χ1v) is 10.9. The fraction of sp³-hybridized carbons (Fsp3) is 0.227. The normalized spacial score (nSPS) is 11.0. The highest BCUT2D eigenvalue weighted by molar-refractivity contribution is 7.22. The Balaban J connectivity index is 1.66. The molecule has 0 atom stereocenters. The standard InChI is InChI=1S/C22H21ClN4O2S/c1-2-29-18-8-4-9-19-20(18)25-22(30-19)27(12-5-11-26-13-10-24-15-26)21(28)16-6-3-7-17(23)14-16/h3-4,6-10,13-15H,2,5,11-12H2,1H3. The lowest BCUT2D eigenvalue weighted by Crippen LogP contribution is -2.32. The van der Waals surface area contributed by atoms with Gasteiger partial charge in [-0.3, -0.25) is 9.69 Å². The maximum atomic E-state index is 13.4. The van der Waals surface area contributed by atoms with E-state index in [9.17, 15) is 4.79 Å². The van der Waals surface area contributed by atoms with Gasteiger partial charge in [0.15, 0.2) is 5.13 Å². The van der Waals surface area contributed by atoms with Crippen LogP contribution in [0.15, 0.2) is 61.2 Å². The molecule has 2 aromatic heterocycles. The predicted octanol–water partition coefficient (Wildman–Crippen LogP) is 5.28. The zero-order valence-electron chi connectivity index (χ0n) is 16.5. The summed E-state index contributed by atoms with van der Waals surface area (Å²) in [6.07, 6.45) is 6.19. The molecule has 0 radical (unpaired) electrons. The number of anilines is 1. The second kappa shape index (κ2) is 9.28. The molecule has 8 heteroatoms. The SMILES string of the molecule is CCOc1cccc2sc(N(CCCn3ccnc3)C(=O)c3cccc(Cl)c3)nc12. The van der Waals surface area contributed by atoms with Gasteiger partial charge in [0, 0.05) is 36.1 Å². The molecule has 0 unspecified atom stereocenters. The summed E-state index contributed by atoms with van der Waals surface area (Å²) < 4.78 is 8.69. The third-order valence-electron chi connectivity index (χ3n) is 4.58. The van der Waals surface area contributed by atoms with E-state index in [0.29, 0.717) is 28.9 Å². The second-order valence-corrected chi connectivity index (χ2v) is 8.10.